The SMILES string of the molecule is CC(C)(CNC(=O)N1CCOC(CS(C)(=O)=O)C1)C1=CCCC1. The van der Waals surface area contributed by atoms with Crippen molar-refractivity contribution in [1.82, 2.24) is 10.2 Å². The number of morpholine rings is 1. The highest BCUT2D eigenvalue weighted by Crippen LogP contribution is 2.34. The average Bonchev–Trinajstić information content (AvgIpc) is 2.98. The molecule has 23 heavy (non-hydrogen) atoms. The fourth-order valence-corrected chi connectivity index (χ4v) is 4.03. The van der Waals surface area contributed by atoms with Crippen molar-refractivity contribution >= 4 is 15.9 Å². The summed E-state index contributed by atoms with van der Waals surface area (Å²) in [6.07, 6.45) is 6.47. The zero-order chi connectivity index (χ0) is 17.1. The van der Waals surface area contributed by atoms with E-state index in [-0.39, 0.29) is 17.2 Å². The lowest BCUT2D eigenvalue weighted by atomic mass is 9.83. The third-order valence-corrected chi connectivity index (χ3v) is 5.48. The van der Waals surface area contributed by atoms with Crippen LogP contribution >= 0.6 is 0 Å². The molecule has 2 rings (SSSR count). The van der Waals surface area contributed by atoms with Crippen LogP contribution in [0.4, 0.5) is 4.79 Å². The fourth-order valence-electron chi connectivity index (χ4n) is 3.15. The molecule has 1 aliphatic heterocycles. The van der Waals surface area contributed by atoms with E-state index in [2.05, 4.69) is 25.2 Å². The quantitative estimate of drug-likeness (QED) is 0.768. The number of nitrogens with one attached hydrogen (secondary N) is 1. The van der Waals surface area contributed by atoms with Gasteiger partial charge in [0, 0.05) is 31.3 Å². The van der Waals surface area contributed by atoms with Gasteiger partial charge in [0.25, 0.3) is 0 Å². The molecular weight excluding hydrogens is 316 g/mol. The molecule has 1 aliphatic carbocycles. The monoisotopic (exact) mass is 344 g/mol. The summed E-state index contributed by atoms with van der Waals surface area (Å²) >= 11 is 0. The van der Waals surface area contributed by atoms with Crippen LogP contribution in [0.1, 0.15) is 33.1 Å². The van der Waals surface area contributed by atoms with Gasteiger partial charge in [0.05, 0.1) is 18.5 Å². The molecule has 7 heteroatoms. The molecule has 1 atom stereocenters. The van der Waals surface area contributed by atoms with Crippen molar-refractivity contribution in [1.29, 1.82) is 0 Å². The first kappa shape index (κ1) is 18.3. The van der Waals surface area contributed by atoms with Gasteiger partial charge >= 0.3 is 6.03 Å². The Labute approximate surface area is 139 Å². The van der Waals surface area contributed by atoms with Crippen LogP contribution in [0.25, 0.3) is 0 Å². The highest BCUT2D eigenvalue weighted by atomic mass is 32.2. The molecule has 0 radical (unpaired) electrons. The van der Waals surface area contributed by atoms with Crippen LogP contribution in [0.15, 0.2) is 11.6 Å². The maximum Gasteiger partial charge on any atom is 0.317 e. The minimum atomic E-state index is -3.11. The fraction of sp³-hybridized carbons (Fsp3) is 0.812. The number of hydrogen-bond acceptors (Lipinski definition) is 4. The predicted octanol–water partition coefficient (Wildman–Crippen LogP) is 1.58. The highest BCUT2D eigenvalue weighted by Gasteiger charge is 2.29. The van der Waals surface area contributed by atoms with Crippen LogP contribution in [-0.2, 0) is 14.6 Å². The number of carbonyl (C=O) groups is 1. The molecular formula is C16H28N2O4S. The molecule has 6 nitrogen and oxygen atoms in total. The Morgan fingerprint density at radius 1 is 1.48 bits per heavy atom. The molecule has 0 bridgehead atoms. The van der Waals surface area contributed by atoms with E-state index in [0.717, 1.165) is 12.8 Å². The van der Waals surface area contributed by atoms with Gasteiger partial charge < -0.3 is 15.0 Å². The van der Waals surface area contributed by atoms with Gasteiger partial charge in [0.2, 0.25) is 0 Å². The summed E-state index contributed by atoms with van der Waals surface area (Å²) < 4.78 is 28.2. The Kier molecular flexibility index (Phi) is 5.73. The Morgan fingerprint density at radius 2 is 2.22 bits per heavy atom. The zero-order valence-corrected chi connectivity index (χ0v) is 15.1. The average molecular weight is 344 g/mol. The molecule has 0 aromatic heterocycles. The number of hydrogen-bond donors (Lipinski definition) is 1. The Balaban J connectivity index is 1.85. The van der Waals surface area contributed by atoms with Gasteiger partial charge in [-0.2, -0.15) is 0 Å². The second kappa shape index (κ2) is 7.21. The summed E-state index contributed by atoms with van der Waals surface area (Å²) in [6.45, 7) is 6.08. The molecule has 1 saturated heterocycles. The van der Waals surface area contributed by atoms with Crippen LogP contribution in [-0.4, -0.2) is 63.7 Å². The molecule has 0 saturated carbocycles. The van der Waals surface area contributed by atoms with Crippen molar-refractivity contribution in [3.8, 4) is 0 Å². The van der Waals surface area contributed by atoms with Crippen LogP contribution in [0.3, 0.4) is 0 Å². The molecule has 1 unspecified atom stereocenters. The summed E-state index contributed by atoms with van der Waals surface area (Å²) in [6, 6.07) is -0.140. The first-order valence-corrected chi connectivity index (χ1v) is 10.2. The van der Waals surface area contributed by atoms with E-state index in [1.165, 1.54) is 18.2 Å². The van der Waals surface area contributed by atoms with Gasteiger partial charge in [-0.3, -0.25) is 0 Å². The van der Waals surface area contributed by atoms with Crippen molar-refractivity contribution < 1.29 is 17.9 Å². The molecule has 0 aromatic carbocycles. The topological polar surface area (TPSA) is 75.7 Å². The second-order valence-electron chi connectivity index (χ2n) is 7.20. The van der Waals surface area contributed by atoms with Crippen LogP contribution in [0.5, 0.6) is 0 Å². The number of urea groups is 1. The van der Waals surface area contributed by atoms with E-state index in [1.54, 1.807) is 4.90 Å². The lowest BCUT2D eigenvalue weighted by molar-refractivity contribution is -0.00186. The van der Waals surface area contributed by atoms with Crippen LogP contribution in [0.2, 0.25) is 0 Å². The predicted molar refractivity (Wildman–Crippen MR) is 90.1 cm³/mol. The van der Waals surface area contributed by atoms with E-state index in [4.69, 9.17) is 4.74 Å². The Morgan fingerprint density at radius 3 is 2.83 bits per heavy atom. The van der Waals surface area contributed by atoms with Gasteiger partial charge in [-0.05, 0) is 19.3 Å². The standard InChI is InChI=1S/C16H28N2O4S/c1-16(2,13-6-4-5-7-13)12-17-15(19)18-8-9-22-14(10-18)11-23(3,20)21/h6,14H,4-5,7-12H2,1-3H3,(H,17,19). The summed E-state index contributed by atoms with van der Waals surface area (Å²) in [7, 11) is -3.11. The Hall–Kier alpha value is -1.08. The van der Waals surface area contributed by atoms with E-state index in [0.29, 0.717) is 26.2 Å². The van der Waals surface area contributed by atoms with Gasteiger partial charge in [0.1, 0.15) is 9.84 Å². The van der Waals surface area contributed by atoms with Crippen molar-refractivity contribution in [2.24, 2.45) is 5.41 Å². The summed E-state index contributed by atoms with van der Waals surface area (Å²) in [4.78, 5) is 14.0. The van der Waals surface area contributed by atoms with E-state index in [1.807, 2.05) is 0 Å². The molecule has 0 spiro atoms. The second-order valence-corrected chi connectivity index (χ2v) is 9.38. The van der Waals surface area contributed by atoms with Crippen molar-refractivity contribution in [2.45, 2.75) is 39.2 Å². The van der Waals surface area contributed by atoms with Gasteiger partial charge in [-0.25, -0.2) is 13.2 Å². The molecule has 1 fully saturated rings. The van der Waals surface area contributed by atoms with Gasteiger partial charge in [0.15, 0.2) is 0 Å². The van der Waals surface area contributed by atoms with Crippen LogP contribution < -0.4 is 5.32 Å². The van der Waals surface area contributed by atoms with Gasteiger partial charge in [-0.1, -0.05) is 25.5 Å². The Bertz CT molecular complexity index is 569. The molecule has 1 heterocycles. The number of allylic oxidation sites excluding steroid dienone is 1. The lowest BCUT2D eigenvalue weighted by Crippen LogP contribution is -2.52. The first-order valence-electron chi connectivity index (χ1n) is 8.19. The summed E-state index contributed by atoms with van der Waals surface area (Å²) in [5.41, 5.74) is 1.37. The van der Waals surface area contributed by atoms with Crippen LogP contribution in [0, 0.1) is 5.41 Å². The highest BCUT2D eigenvalue weighted by molar-refractivity contribution is 7.90. The van der Waals surface area contributed by atoms with E-state index < -0.39 is 15.9 Å². The minimum Gasteiger partial charge on any atom is -0.373 e. The molecule has 2 aliphatic rings. The first-order chi connectivity index (χ1) is 10.7. The number of carbonyl (C=O) groups excluding carboxylic acids is 1. The third kappa shape index (κ3) is 5.49. The number of sulfone groups is 1. The maximum atomic E-state index is 12.4. The van der Waals surface area contributed by atoms with Gasteiger partial charge in [-0.15, -0.1) is 0 Å². The largest absolute Gasteiger partial charge is 0.373 e. The van der Waals surface area contributed by atoms with E-state index >= 15 is 0 Å². The summed E-state index contributed by atoms with van der Waals surface area (Å²) in [5, 5.41) is 2.99. The van der Waals surface area contributed by atoms with Crippen molar-refractivity contribution in [2.75, 3.05) is 38.2 Å². The molecule has 2 amide bonds. The van der Waals surface area contributed by atoms with Crippen molar-refractivity contribution in [3.05, 3.63) is 11.6 Å². The number of rotatable bonds is 5. The number of ether oxygens (including phenoxy) is 1. The molecule has 0 aromatic rings. The lowest BCUT2D eigenvalue weighted by Gasteiger charge is -2.34. The minimum absolute atomic E-state index is 0.0371. The zero-order valence-electron chi connectivity index (χ0n) is 14.3. The maximum absolute atomic E-state index is 12.4. The smallest absolute Gasteiger partial charge is 0.317 e. The molecule has 132 valence electrons. The summed E-state index contributed by atoms with van der Waals surface area (Å²) in [5.74, 6) is -0.0465. The third-order valence-electron chi connectivity index (χ3n) is 4.51. The molecule has 1 N–H and O–H groups in total. The normalized spacial score (nSPS) is 22.8. The number of amides is 2. The van der Waals surface area contributed by atoms with E-state index in [9.17, 15) is 13.2 Å². The number of nitrogens with zero attached hydrogens (tertiary/aromatic N) is 1. The van der Waals surface area contributed by atoms with Crippen molar-refractivity contribution in [3.63, 3.8) is 0 Å².